The molecular formula is C10H20N2OS. The lowest BCUT2D eigenvalue weighted by Crippen LogP contribution is -2.37. The van der Waals surface area contributed by atoms with Crippen LogP contribution in [0.3, 0.4) is 0 Å². The van der Waals surface area contributed by atoms with E-state index in [2.05, 4.69) is 11.2 Å². The molecule has 4 heteroatoms. The average Bonchev–Trinajstić information content (AvgIpc) is 2.67. The van der Waals surface area contributed by atoms with E-state index in [1.165, 1.54) is 12.8 Å². The summed E-state index contributed by atoms with van der Waals surface area (Å²) in [6.07, 6.45) is 4.46. The Bertz CT molecular complexity index is 181. The summed E-state index contributed by atoms with van der Waals surface area (Å²) in [7, 11) is 2.02. The fraction of sp³-hybridized carbons (Fsp3) is 0.900. The summed E-state index contributed by atoms with van der Waals surface area (Å²) in [4.78, 5) is 15.8. The number of rotatable bonds is 5. The Labute approximate surface area is 90.8 Å². The van der Waals surface area contributed by atoms with Gasteiger partial charge in [0.05, 0.1) is 6.54 Å². The van der Waals surface area contributed by atoms with E-state index in [-0.39, 0.29) is 0 Å². The minimum atomic E-state index is 0.297. The van der Waals surface area contributed by atoms with E-state index in [9.17, 15) is 4.79 Å². The zero-order chi connectivity index (χ0) is 10.4. The van der Waals surface area contributed by atoms with Crippen LogP contribution in [0.4, 0.5) is 0 Å². The number of carbonyl (C=O) groups is 1. The van der Waals surface area contributed by atoms with E-state index in [0.29, 0.717) is 12.5 Å². The number of thioether (sulfide) groups is 1. The van der Waals surface area contributed by atoms with Gasteiger partial charge in [0.2, 0.25) is 5.91 Å². The Kier molecular flexibility index (Phi) is 5.33. The Hall–Kier alpha value is -0.220. The van der Waals surface area contributed by atoms with Crippen LogP contribution in [0.25, 0.3) is 0 Å². The molecule has 0 saturated carbocycles. The van der Waals surface area contributed by atoms with Gasteiger partial charge in [-0.15, -0.1) is 0 Å². The van der Waals surface area contributed by atoms with Crippen molar-refractivity contribution in [2.75, 3.05) is 45.2 Å². The van der Waals surface area contributed by atoms with Gasteiger partial charge in [-0.25, -0.2) is 0 Å². The molecule has 1 saturated heterocycles. The first kappa shape index (κ1) is 11.9. The van der Waals surface area contributed by atoms with Crippen LogP contribution < -0.4 is 0 Å². The molecule has 1 amide bonds. The summed E-state index contributed by atoms with van der Waals surface area (Å²) in [6.45, 7) is 3.52. The quantitative estimate of drug-likeness (QED) is 0.682. The molecule has 1 rings (SSSR count). The van der Waals surface area contributed by atoms with E-state index >= 15 is 0 Å². The molecule has 1 aliphatic heterocycles. The summed E-state index contributed by atoms with van der Waals surface area (Å²) in [5.41, 5.74) is 0. The van der Waals surface area contributed by atoms with Crippen molar-refractivity contribution < 1.29 is 4.79 Å². The van der Waals surface area contributed by atoms with Crippen LogP contribution in [-0.2, 0) is 4.79 Å². The molecule has 0 N–H and O–H groups in total. The number of hydrogen-bond acceptors (Lipinski definition) is 3. The van der Waals surface area contributed by atoms with Crippen molar-refractivity contribution in [3.05, 3.63) is 0 Å². The Morgan fingerprint density at radius 2 is 2.07 bits per heavy atom. The molecule has 0 radical (unpaired) electrons. The number of likely N-dealkylation sites (tertiary alicyclic amines) is 1. The van der Waals surface area contributed by atoms with Gasteiger partial charge in [-0.3, -0.25) is 9.69 Å². The Morgan fingerprint density at radius 1 is 1.43 bits per heavy atom. The molecule has 0 atom stereocenters. The first-order valence-corrected chi connectivity index (χ1v) is 6.58. The molecule has 0 spiro atoms. The van der Waals surface area contributed by atoms with Crippen molar-refractivity contribution in [1.29, 1.82) is 0 Å². The molecule has 1 heterocycles. The second-order valence-electron chi connectivity index (χ2n) is 3.82. The van der Waals surface area contributed by atoms with Crippen molar-refractivity contribution in [2.24, 2.45) is 0 Å². The van der Waals surface area contributed by atoms with E-state index in [4.69, 9.17) is 0 Å². The molecule has 0 unspecified atom stereocenters. The maximum absolute atomic E-state index is 11.7. The SMILES string of the molecule is CSCCN(C)CC(=O)N1CCCC1. The van der Waals surface area contributed by atoms with Gasteiger partial charge in [-0.05, 0) is 26.1 Å². The summed E-state index contributed by atoms with van der Waals surface area (Å²) in [6, 6.07) is 0. The topological polar surface area (TPSA) is 23.6 Å². The zero-order valence-electron chi connectivity index (χ0n) is 9.16. The summed E-state index contributed by atoms with van der Waals surface area (Å²) in [5.74, 6) is 1.40. The van der Waals surface area contributed by atoms with E-state index in [1.54, 1.807) is 0 Å². The highest BCUT2D eigenvalue weighted by Crippen LogP contribution is 2.07. The van der Waals surface area contributed by atoms with Crippen LogP contribution in [0.2, 0.25) is 0 Å². The largest absolute Gasteiger partial charge is 0.342 e. The Balaban J connectivity index is 2.18. The number of nitrogens with zero attached hydrogens (tertiary/aromatic N) is 2. The highest BCUT2D eigenvalue weighted by Gasteiger charge is 2.18. The van der Waals surface area contributed by atoms with Crippen LogP contribution in [0.15, 0.2) is 0 Å². The molecule has 14 heavy (non-hydrogen) atoms. The molecule has 0 aromatic heterocycles. The first-order valence-electron chi connectivity index (χ1n) is 5.19. The van der Waals surface area contributed by atoms with Crippen molar-refractivity contribution in [3.63, 3.8) is 0 Å². The molecule has 1 aliphatic rings. The fourth-order valence-corrected chi connectivity index (χ4v) is 2.12. The normalized spacial score (nSPS) is 16.6. The maximum Gasteiger partial charge on any atom is 0.236 e. The minimum absolute atomic E-state index is 0.297. The molecule has 0 aliphatic carbocycles. The van der Waals surface area contributed by atoms with Crippen LogP contribution in [0.5, 0.6) is 0 Å². The number of carbonyl (C=O) groups excluding carboxylic acids is 1. The third-order valence-electron chi connectivity index (χ3n) is 2.54. The second-order valence-corrected chi connectivity index (χ2v) is 4.80. The van der Waals surface area contributed by atoms with Gasteiger partial charge in [0.1, 0.15) is 0 Å². The molecule has 82 valence electrons. The average molecular weight is 216 g/mol. The van der Waals surface area contributed by atoms with Gasteiger partial charge < -0.3 is 4.90 Å². The second kappa shape index (κ2) is 6.30. The van der Waals surface area contributed by atoms with Crippen molar-refractivity contribution in [1.82, 2.24) is 9.80 Å². The van der Waals surface area contributed by atoms with Crippen molar-refractivity contribution in [3.8, 4) is 0 Å². The minimum Gasteiger partial charge on any atom is -0.342 e. The van der Waals surface area contributed by atoms with E-state index < -0.39 is 0 Å². The molecule has 0 bridgehead atoms. The van der Waals surface area contributed by atoms with Crippen molar-refractivity contribution >= 4 is 17.7 Å². The van der Waals surface area contributed by atoms with Gasteiger partial charge in [0.15, 0.2) is 0 Å². The van der Waals surface area contributed by atoms with Crippen LogP contribution in [0, 0.1) is 0 Å². The smallest absolute Gasteiger partial charge is 0.236 e. The lowest BCUT2D eigenvalue weighted by molar-refractivity contribution is -0.130. The van der Waals surface area contributed by atoms with Crippen LogP contribution in [0.1, 0.15) is 12.8 Å². The van der Waals surface area contributed by atoms with Gasteiger partial charge in [0.25, 0.3) is 0 Å². The standard InChI is InChI=1S/C10H20N2OS/c1-11(7-8-14-2)9-10(13)12-5-3-4-6-12/h3-9H2,1-2H3. The predicted octanol–water partition coefficient (Wildman–Crippen LogP) is 0.904. The van der Waals surface area contributed by atoms with Gasteiger partial charge in [0, 0.05) is 25.4 Å². The molecule has 1 fully saturated rings. The number of likely N-dealkylation sites (N-methyl/N-ethyl adjacent to an activating group) is 1. The van der Waals surface area contributed by atoms with Crippen LogP contribution >= 0.6 is 11.8 Å². The number of hydrogen-bond donors (Lipinski definition) is 0. The summed E-state index contributed by atoms with van der Waals surface area (Å²) in [5, 5.41) is 0. The molecular weight excluding hydrogens is 196 g/mol. The van der Waals surface area contributed by atoms with Crippen LogP contribution in [-0.4, -0.2) is 60.9 Å². The summed E-state index contributed by atoms with van der Waals surface area (Å²) < 4.78 is 0. The van der Waals surface area contributed by atoms with E-state index in [0.717, 1.165) is 25.4 Å². The maximum atomic E-state index is 11.7. The Morgan fingerprint density at radius 3 is 2.64 bits per heavy atom. The summed E-state index contributed by atoms with van der Waals surface area (Å²) >= 11 is 1.82. The molecule has 0 aromatic rings. The van der Waals surface area contributed by atoms with Gasteiger partial charge in [-0.2, -0.15) is 11.8 Å². The highest BCUT2D eigenvalue weighted by atomic mass is 32.2. The third kappa shape index (κ3) is 3.88. The van der Waals surface area contributed by atoms with Gasteiger partial charge in [-0.1, -0.05) is 0 Å². The lowest BCUT2D eigenvalue weighted by Gasteiger charge is -2.20. The monoisotopic (exact) mass is 216 g/mol. The molecule has 3 nitrogen and oxygen atoms in total. The van der Waals surface area contributed by atoms with Gasteiger partial charge >= 0.3 is 0 Å². The third-order valence-corrected chi connectivity index (χ3v) is 3.13. The highest BCUT2D eigenvalue weighted by molar-refractivity contribution is 7.98. The predicted molar refractivity (Wildman–Crippen MR) is 61.7 cm³/mol. The lowest BCUT2D eigenvalue weighted by atomic mass is 10.4. The van der Waals surface area contributed by atoms with E-state index in [1.807, 2.05) is 23.7 Å². The molecule has 0 aromatic carbocycles. The number of amides is 1. The first-order chi connectivity index (χ1) is 6.74. The van der Waals surface area contributed by atoms with Crippen molar-refractivity contribution in [2.45, 2.75) is 12.8 Å². The fourth-order valence-electron chi connectivity index (χ4n) is 1.62. The zero-order valence-corrected chi connectivity index (χ0v) is 9.98.